The molecule has 0 spiro atoms. The van der Waals surface area contributed by atoms with Gasteiger partial charge in [-0.1, -0.05) is 0 Å². The van der Waals surface area contributed by atoms with Crippen molar-refractivity contribution in [3.63, 3.8) is 0 Å². The second-order valence-electron chi connectivity index (χ2n) is 2.14. The number of carbonyl (C=O) groups is 1. The van der Waals surface area contributed by atoms with Crippen molar-refractivity contribution < 1.29 is 25.5 Å². The van der Waals surface area contributed by atoms with E-state index in [1.54, 1.807) is 0 Å². The first-order valence-electron chi connectivity index (χ1n) is 3.28. The van der Waals surface area contributed by atoms with Gasteiger partial charge in [-0.05, 0) is 0 Å². The fraction of sp³-hybridized carbons (Fsp3) is 0.667. The first kappa shape index (κ1) is 10.8. The van der Waals surface area contributed by atoms with Crippen LogP contribution >= 0.6 is 0 Å². The minimum atomic E-state index is -1.04. The normalized spacial score (nSPS) is 12.5. The van der Waals surface area contributed by atoms with Crippen molar-refractivity contribution in [1.29, 1.82) is 0 Å². The van der Waals surface area contributed by atoms with Crippen LogP contribution in [0.15, 0.2) is 0 Å². The van der Waals surface area contributed by atoms with Gasteiger partial charge in [0.2, 0.25) is 0 Å². The predicted molar refractivity (Wildman–Crippen MR) is 38.9 cm³/mol. The van der Waals surface area contributed by atoms with Gasteiger partial charge in [-0.15, -0.1) is 0 Å². The van der Waals surface area contributed by atoms with Crippen LogP contribution in [0.1, 0.15) is 12.8 Å². The van der Waals surface area contributed by atoms with Gasteiger partial charge in [-0.3, -0.25) is 0 Å². The molecule has 0 heterocycles. The van der Waals surface area contributed by atoms with Crippen LogP contribution in [0, 0.1) is 0 Å². The third-order valence-corrected chi connectivity index (χ3v) is 1.83. The van der Waals surface area contributed by atoms with Crippen molar-refractivity contribution in [3.8, 4) is 0 Å². The van der Waals surface area contributed by atoms with E-state index in [4.69, 9.17) is 16.6 Å². The molecule has 0 aromatic heterocycles. The number of carboxylic acids is 1. The Hall–Kier alpha value is -0.221. The van der Waals surface area contributed by atoms with Crippen LogP contribution in [0.3, 0.4) is 0 Å². The summed E-state index contributed by atoms with van der Waals surface area (Å²) < 4.78 is 0.531. The Morgan fingerprint density at radius 3 is 2.55 bits per heavy atom. The number of hydrogen-bond acceptors (Lipinski definition) is 3. The molecular weight excluding hydrogens is 188 g/mol. The van der Waals surface area contributed by atoms with E-state index in [2.05, 4.69) is 15.6 Å². The van der Waals surface area contributed by atoms with E-state index in [-0.39, 0.29) is 0 Å². The van der Waals surface area contributed by atoms with Crippen molar-refractivity contribution in [2.45, 2.75) is 18.9 Å². The first-order chi connectivity index (χ1) is 5.09. The first-order valence-corrected chi connectivity index (χ1v) is 3.83. The Balaban J connectivity index is 3.74. The molecule has 0 saturated heterocycles. The zero-order chi connectivity index (χ0) is 8.85. The van der Waals surface area contributed by atoms with E-state index in [1.807, 2.05) is 0 Å². The molecule has 1 atom stereocenters. The second kappa shape index (κ2) is 5.43. The molecule has 5 heteroatoms. The van der Waals surface area contributed by atoms with Crippen molar-refractivity contribution in [1.82, 2.24) is 0 Å². The summed E-state index contributed by atoms with van der Waals surface area (Å²) in [5.41, 5.74) is 10.5. The van der Waals surface area contributed by atoms with E-state index < -0.39 is 12.0 Å². The molecule has 0 amide bonds. The summed E-state index contributed by atoms with van der Waals surface area (Å²) in [4.78, 5) is 10.3. The summed E-state index contributed by atoms with van der Waals surface area (Å²) >= 11 is 3.55. The van der Waals surface area contributed by atoms with Crippen LogP contribution in [0.25, 0.3) is 0 Å². The van der Waals surface area contributed by atoms with Crippen LogP contribution in [-0.2, 0) is 20.4 Å². The van der Waals surface area contributed by atoms with Crippen molar-refractivity contribution in [3.05, 3.63) is 0 Å². The van der Waals surface area contributed by atoms with Crippen LogP contribution in [-0.4, -0.2) is 28.1 Å². The fourth-order valence-corrected chi connectivity index (χ4v) is 0.885. The molecule has 4 nitrogen and oxygen atoms in total. The van der Waals surface area contributed by atoms with Crippen molar-refractivity contribution >= 4 is 10.4 Å². The summed E-state index contributed by atoms with van der Waals surface area (Å²) in [5.74, 6) is -1.04. The number of aliphatic carboxylic acids is 1. The van der Waals surface area contributed by atoms with E-state index in [0.717, 1.165) is 6.42 Å². The zero-order valence-corrected chi connectivity index (χ0v) is 7.17. The topological polar surface area (TPSA) is 89.3 Å². The zero-order valence-electron chi connectivity index (χ0n) is 6.06. The Kier molecular flexibility index (Phi) is 5.32. The number of rotatable bonds is 5. The molecule has 11 heavy (non-hydrogen) atoms. The standard InChI is InChI=1S/C6H12N2O2.Fe/c7-4-2-1-3-5(8)6(9)10;/h5H,1-2,4,7-8H2,(H,9,10);/q;+1. The molecule has 0 aliphatic rings. The second-order valence-corrected chi connectivity index (χ2v) is 2.85. The monoisotopic (exact) mass is 200 g/mol. The maximum absolute atomic E-state index is 10.3. The van der Waals surface area contributed by atoms with Crippen LogP contribution < -0.4 is 11.5 Å². The molecule has 0 aliphatic heterocycles. The summed E-state index contributed by atoms with van der Waals surface area (Å²) in [7, 11) is 0. The average Bonchev–Trinajstić information content (AvgIpc) is 1.98. The van der Waals surface area contributed by atoms with E-state index in [0.29, 0.717) is 17.4 Å². The molecule has 0 saturated carbocycles. The van der Waals surface area contributed by atoms with Crippen molar-refractivity contribution in [2.24, 2.45) is 11.5 Å². The molecule has 0 bridgehead atoms. The van der Waals surface area contributed by atoms with Crippen LogP contribution in [0.2, 0.25) is 0 Å². The van der Waals surface area contributed by atoms with Gasteiger partial charge in [0.1, 0.15) is 0 Å². The third kappa shape index (κ3) is 4.27. The van der Waals surface area contributed by atoms with Gasteiger partial charge in [-0.2, -0.15) is 0 Å². The van der Waals surface area contributed by atoms with Gasteiger partial charge in [0, 0.05) is 0 Å². The van der Waals surface area contributed by atoms with E-state index in [9.17, 15) is 4.79 Å². The van der Waals surface area contributed by atoms with Gasteiger partial charge in [0.05, 0.1) is 0 Å². The number of carboxylic acid groups (broad SMARTS) is 1. The fourth-order valence-electron chi connectivity index (χ4n) is 0.553. The molecule has 1 unspecified atom stereocenters. The van der Waals surface area contributed by atoms with Gasteiger partial charge >= 0.3 is 72.8 Å². The Labute approximate surface area is 73.3 Å². The molecule has 0 radical (unpaired) electrons. The third-order valence-electron chi connectivity index (χ3n) is 1.21. The number of nitrogens with two attached hydrogens (primary N) is 2. The molecule has 5 N–H and O–H groups in total. The summed E-state index contributed by atoms with van der Waals surface area (Å²) in [6.45, 7) is 0.533. The van der Waals surface area contributed by atoms with E-state index >= 15 is 0 Å². The van der Waals surface area contributed by atoms with Gasteiger partial charge < -0.3 is 0 Å². The Morgan fingerprint density at radius 2 is 2.18 bits per heavy atom. The SMILES string of the molecule is NCCC[C](=[Fe+])C(N)C(=O)O. The van der Waals surface area contributed by atoms with Gasteiger partial charge in [0.15, 0.2) is 0 Å². The molecule has 0 aromatic carbocycles. The molecule has 0 rings (SSSR count). The van der Waals surface area contributed by atoms with Crippen molar-refractivity contribution in [2.75, 3.05) is 6.54 Å². The molecule has 0 fully saturated rings. The molecule has 65 valence electrons. The van der Waals surface area contributed by atoms with Crippen LogP contribution in [0.5, 0.6) is 0 Å². The van der Waals surface area contributed by atoms with Crippen LogP contribution in [0.4, 0.5) is 0 Å². The quantitative estimate of drug-likeness (QED) is 0.489. The summed E-state index contributed by atoms with van der Waals surface area (Å²) in [6, 6.07) is -0.943. The average molecular weight is 200 g/mol. The van der Waals surface area contributed by atoms with Gasteiger partial charge in [-0.25, -0.2) is 0 Å². The molecule has 0 aromatic rings. The Morgan fingerprint density at radius 1 is 1.64 bits per heavy atom. The summed E-state index contributed by atoms with van der Waals surface area (Å²) in [6.07, 6.45) is 1.32. The predicted octanol–water partition coefficient (Wildman–Crippen LogP) is -1.14. The number of hydrogen-bond donors (Lipinski definition) is 3. The Bertz CT molecular complexity index is 161. The molecule has 0 aliphatic carbocycles. The molecular formula is C6H12FeN2O2+. The summed E-state index contributed by atoms with van der Waals surface area (Å²) in [5, 5.41) is 8.43. The van der Waals surface area contributed by atoms with Gasteiger partial charge in [0.25, 0.3) is 0 Å². The van der Waals surface area contributed by atoms with E-state index in [1.165, 1.54) is 0 Å². The maximum atomic E-state index is 10.3. The minimum absolute atomic E-state index is 0.531.